The van der Waals surface area contributed by atoms with Crippen LogP contribution in [0.15, 0.2) is 41.3 Å². The van der Waals surface area contributed by atoms with Crippen LogP contribution < -0.4 is 10.0 Å². The highest BCUT2D eigenvalue weighted by Crippen LogP contribution is 2.28. The molecule has 0 aliphatic carbocycles. The first-order valence-corrected chi connectivity index (χ1v) is 9.39. The third-order valence-electron chi connectivity index (χ3n) is 4.34. The number of rotatable bonds is 4. The van der Waals surface area contributed by atoms with Crippen molar-refractivity contribution in [3.8, 4) is 0 Å². The minimum atomic E-state index is -4.35. The summed E-state index contributed by atoms with van der Waals surface area (Å²) in [7, 11) is -4.35. The zero-order valence-corrected chi connectivity index (χ0v) is 15.5. The molecule has 1 aliphatic rings. The van der Waals surface area contributed by atoms with Crippen LogP contribution in [0.1, 0.15) is 17.9 Å². The van der Waals surface area contributed by atoms with E-state index >= 15 is 0 Å². The topological polar surface area (TPSA) is 58.2 Å². The van der Waals surface area contributed by atoms with Crippen molar-refractivity contribution in [2.75, 3.05) is 13.1 Å². The molecule has 3 rings (SSSR count). The van der Waals surface area contributed by atoms with Crippen molar-refractivity contribution in [1.29, 1.82) is 0 Å². The van der Waals surface area contributed by atoms with Crippen LogP contribution in [-0.4, -0.2) is 27.5 Å². The van der Waals surface area contributed by atoms with Crippen LogP contribution in [0.4, 0.5) is 17.6 Å². The number of hydrogen-bond acceptors (Lipinski definition) is 3. The first kappa shape index (κ1) is 21.6. The van der Waals surface area contributed by atoms with E-state index in [0.717, 1.165) is 24.3 Å². The van der Waals surface area contributed by atoms with E-state index in [1.807, 2.05) is 0 Å². The number of sulfonamides is 1. The summed E-state index contributed by atoms with van der Waals surface area (Å²) in [6, 6.07) is 4.80. The minimum Gasteiger partial charge on any atom is -0.315 e. The Morgan fingerprint density at radius 3 is 2.37 bits per heavy atom. The highest BCUT2D eigenvalue weighted by Gasteiger charge is 2.32. The summed E-state index contributed by atoms with van der Waals surface area (Å²) < 4.78 is 81.2. The molecule has 2 aromatic carbocycles. The summed E-state index contributed by atoms with van der Waals surface area (Å²) in [5.41, 5.74) is 0.429. The average Bonchev–Trinajstić information content (AvgIpc) is 2.59. The standard InChI is InChI=1S/C17H16F4N2O2S.ClH/c18-11-2-4-14(20)17(8-11)26(24,25)23-16-9-22-6-5-12(16)10-1-3-13(19)15(21)7-10;/h1-4,7-8,12,16,22-23H,5-6,9H2;1H. The number of halogens is 5. The third-order valence-corrected chi connectivity index (χ3v) is 5.85. The highest BCUT2D eigenvalue weighted by molar-refractivity contribution is 7.89. The first-order valence-electron chi connectivity index (χ1n) is 7.91. The Morgan fingerprint density at radius 2 is 1.67 bits per heavy atom. The molecule has 2 aromatic rings. The molecule has 2 N–H and O–H groups in total. The largest absolute Gasteiger partial charge is 0.315 e. The second kappa shape index (κ2) is 8.55. The predicted octanol–water partition coefficient (Wildman–Crippen LogP) is 3.09. The summed E-state index contributed by atoms with van der Waals surface area (Å²) >= 11 is 0. The Kier molecular flexibility index (Phi) is 6.85. The Morgan fingerprint density at radius 1 is 0.963 bits per heavy atom. The lowest BCUT2D eigenvalue weighted by molar-refractivity contribution is 0.375. The van der Waals surface area contributed by atoms with Crippen molar-refractivity contribution in [1.82, 2.24) is 10.0 Å². The van der Waals surface area contributed by atoms with Crippen molar-refractivity contribution in [3.05, 3.63) is 65.2 Å². The molecule has 1 saturated heterocycles. The molecule has 1 heterocycles. The SMILES string of the molecule is Cl.O=S(=O)(NC1CNCCC1c1ccc(F)c(F)c1)c1cc(F)ccc1F. The molecule has 0 amide bonds. The van der Waals surface area contributed by atoms with Crippen molar-refractivity contribution in [2.45, 2.75) is 23.3 Å². The van der Waals surface area contributed by atoms with Gasteiger partial charge in [0.1, 0.15) is 16.5 Å². The van der Waals surface area contributed by atoms with E-state index in [1.54, 1.807) is 0 Å². The first-order chi connectivity index (χ1) is 12.3. The van der Waals surface area contributed by atoms with Crippen molar-refractivity contribution in [2.24, 2.45) is 0 Å². The van der Waals surface area contributed by atoms with E-state index in [9.17, 15) is 26.0 Å². The molecule has 1 fully saturated rings. The van der Waals surface area contributed by atoms with Gasteiger partial charge in [-0.25, -0.2) is 30.7 Å². The molecule has 2 atom stereocenters. The van der Waals surface area contributed by atoms with Gasteiger partial charge in [0.15, 0.2) is 11.6 Å². The Hall–Kier alpha value is -1.68. The lowest BCUT2D eigenvalue weighted by Gasteiger charge is -2.33. The summed E-state index contributed by atoms with van der Waals surface area (Å²) in [6.45, 7) is 0.760. The van der Waals surface area contributed by atoms with Gasteiger partial charge in [0, 0.05) is 18.5 Å². The van der Waals surface area contributed by atoms with Gasteiger partial charge in [0.2, 0.25) is 10.0 Å². The van der Waals surface area contributed by atoms with Gasteiger partial charge >= 0.3 is 0 Å². The summed E-state index contributed by atoms with van der Waals surface area (Å²) in [5.74, 6) is -4.43. The summed E-state index contributed by atoms with van der Waals surface area (Å²) in [4.78, 5) is -0.799. The fraction of sp³-hybridized carbons (Fsp3) is 0.294. The zero-order chi connectivity index (χ0) is 18.9. The molecule has 0 bridgehead atoms. The second-order valence-corrected chi connectivity index (χ2v) is 7.76. The van der Waals surface area contributed by atoms with Gasteiger partial charge in [-0.3, -0.25) is 0 Å². The molecule has 0 aromatic heterocycles. The summed E-state index contributed by atoms with van der Waals surface area (Å²) in [6.07, 6.45) is 0.462. The van der Waals surface area contributed by atoms with Crippen LogP contribution in [0.3, 0.4) is 0 Å². The van der Waals surface area contributed by atoms with Crippen LogP contribution in [0.25, 0.3) is 0 Å². The molecule has 0 saturated carbocycles. The average molecular weight is 425 g/mol. The van der Waals surface area contributed by atoms with Gasteiger partial charge < -0.3 is 5.32 Å². The van der Waals surface area contributed by atoms with Gasteiger partial charge in [-0.15, -0.1) is 12.4 Å². The minimum absolute atomic E-state index is 0. The van der Waals surface area contributed by atoms with Crippen molar-refractivity contribution < 1.29 is 26.0 Å². The Labute approximate surface area is 160 Å². The Bertz CT molecular complexity index is 927. The van der Waals surface area contributed by atoms with Crippen LogP contribution in [0, 0.1) is 23.3 Å². The molecule has 2 unspecified atom stereocenters. The van der Waals surface area contributed by atoms with Gasteiger partial charge in [-0.05, 0) is 48.9 Å². The van der Waals surface area contributed by atoms with E-state index in [1.165, 1.54) is 6.07 Å². The molecular weight excluding hydrogens is 408 g/mol. The van der Waals surface area contributed by atoms with Crippen molar-refractivity contribution >= 4 is 22.4 Å². The van der Waals surface area contributed by atoms with Crippen LogP contribution in [-0.2, 0) is 10.0 Å². The molecule has 0 spiro atoms. The van der Waals surface area contributed by atoms with Gasteiger partial charge in [-0.1, -0.05) is 6.07 Å². The lowest BCUT2D eigenvalue weighted by Crippen LogP contribution is -2.50. The molecule has 1 aliphatic heterocycles. The van der Waals surface area contributed by atoms with Crippen molar-refractivity contribution in [3.63, 3.8) is 0 Å². The van der Waals surface area contributed by atoms with Gasteiger partial charge in [0.05, 0.1) is 0 Å². The zero-order valence-electron chi connectivity index (χ0n) is 13.9. The predicted molar refractivity (Wildman–Crippen MR) is 94.3 cm³/mol. The monoisotopic (exact) mass is 424 g/mol. The van der Waals surface area contributed by atoms with E-state index in [-0.39, 0.29) is 19.0 Å². The quantitative estimate of drug-likeness (QED) is 0.742. The van der Waals surface area contributed by atoms with E-state index in [4.69, 9.17) is 0 Å². The second-order valence-electron chi connectivity index (χ2n) is 6.08. The maximum absolute atomic E-state index is 13.8. The normalized spacial score (nSPS) is 20.1. The van der Waals surface area contributed by atoms with Crippen LogP contribution in [0.2, 0.25) is 0 Å². The maximum atomic E-state index is 13.8. The fourth-order valence-corrected chi connectivity index (χ4v) is 4.44. The molecule has 148 valence electrons. The summed E-state index contributed by atoms with van der Waals surface area (Å²) in [5, 5.41) is 3.00. The highest BCUT2D eigenvalue weighted by atomic mass is 35.5. The number of nitrogens with one attached hydrogen (secondary N) is 2. The molecule has 27 heavy (non-hydrogen) atoms. The fourth-order valence-electron chi connectivity index (χ4n) is 3.07. The van der Waals surface area contributed by atoms with Gasteiger partial charge in [0.25, 0.3) is 0 Å². The van der Waals surface area contributed by atoms with E-state index < -0.39 is 50.1 Å². The number of benzene rings is 2. The smallest absolute Gasteiger partial charge is 0.243 e. The molecular formula is C17H17ClF4N2O2S. The van der Waals surface area contributed by atoms with Crippen LogP contribution >= 0.6 is 12.4 Å². The molecule has 0 radical (unpaired) electrons. The maximum Gasteiger partial charge on any atom is 0.243 e. The van der Waals surface area contributed by atoms with E-state index in [0.29, 0.717) is 24.6 Å². The number of piperidine rings is 1. The lowest BCUT2D eigenvalue weighted by atomic mass is 9.86. The molecule has 10 heteroatoms. The van der Waals surface area contributed by atoms with Crippen LogP contribution in [0.5, 0.6) is 0 Å². The third kappa shape index (κ3) is 4.78. The Balaban J connectivity index is 0.00000261. The molecule has 4 nitrogen and oxygen atoms in total. The number of hydrogen-bond donors (Lipinski definition) is 2. The van der Waals surface area contributed by atoms with Gasteiger partial charge in [-0.2, -0.15) is 0 Å². The van der Waals surface area contributed by atoms with E-state index in [2.05, 4.69) is 10.0 Å².